The quantitative estimate of drug-likeness (QED) is 0.552. The zero-order chi connectivity index (χ0) is 21.4. The van der Waals surface area contributed by atoms with E-state index in [1.165, 1.54) is 0 Å². The van der Waals surface area contributed by atoms with E-state index in [-0.39, 0.29) is 24.8 Å². The topological polar surface area (TPSA) is 49.4 Å². The third-order valence-corrected chi connectivity index (χ3v) is 5.55. The number of hydrogen-bond acceptors (Lipinski definition) is 2. The summed E-state index contributed by atoms with van der Waals surface area (Å²) in [5.41, 5.74) is 2.88. The van der Waals surface area contributed by atoms with Crippen LogP contribution in [0.5, 0.6) is 0 Å². The van der Waals surface area contributed by atoms with Crippen molar-refractivity contribution in [1.29, 1.82) is 0 Å². The SMILES string of the molecule is CCCCNC(=O)C(C)N(Cc1ccc(Cl)c(Cl)c1)C(=O)Cc1ccc(C)cc1. The Bertz CT molecular complexity index is 837. The van der Waals surface area contributed by atoms with E-state index in [1.807, 2.05) is 37.3 Å². The van der Waals surface area contributed by atoms with Gasteiger partial charge in [-0.1, -0.05) is 72.4 Å². The molecule has 0 heterocycles. The minimum absolute atomic E-state index is 0.113. The number of carbonyl (C=O) groups is 2. The molecule has 2 aromatic rings. The molecule has 1 atom stereocenters. The Hall–Kier alpha value is -2.04. The second-order valence-electron chi connectivity index (χ2n) is 7.25. The maximum Gasteiger partial charge on any atom is 0.242 e. The van der Waals surface area contributed by atoms with Gasteiger partial charge in [0.1, 0.15) is 6.04 Å². The standard InChI is InChI=1S/C23H28Cl2N2O2/c1-4-5-12-26-23(29)17(3)27(15-19-10-11-20(24)21(25)13-19)22(28)14-18-8-6-16(2)7-9-18/h6-11,13,17H,4-5,12,14-15H2,1-3H3,(H,26,29). The van der Waals surface area contributed by atoms with Crippen LogP contribution in [0.25, 0.3) is 0 Å². The van der Waals surface area contributed by atoms with Gasteiger partial charge in [-0.2, -0.15) is 0 Å². The molecule has 0 saturated heterocycles. The lowest BCUT2D eigenvalue weighted by molar-refractivity contribution is -0.140. The average molecular weight is 435 g/mol. The van der Waals surface area contributed by atoms with Crippen LogP contribution in [0.1, 0.15) is 43.4 Å². The maximum absolute atomic E-state index is 13.1. The zero-order valence-corrected chi connectivity index (χ0v) is 18.7. The Labute approximate surface area is 183 Å². The van der Waals surface area contributed by atoms with Crippen LogP contribution in [0, 0.1) is 6.92 Å². The molecule has 156 valence electrons. The average Bonchev–Trinajstić information content (AvgIpc) is 2.70. The highest BCUT2D eigenvalue weighted by atomic mass is 35.5. The van der Waals surface area contributed by atoms with E-state index >= 15 is 0 Å². The van der Waals surface area contributed by atoms with Gasteiger partial charge in [-0.25, -0.2) is 0 Å². The fraction of sp³-hybridized carbons (Fsp3) is 0.391. The number of carbonyl (C=O) groups excluding carboxylic acids is 2. The van der Waals surface area contributed by atoms with E-state index in [0.717, 1.165) is 29.5 Å². The number of rotatable bonds is 9. The van der Waals surface area contributed by atoms with Crippen LogP contribution in [0.4, 0.5) is 0 Å². The molecule has 2 rings (SSSR count). The molecule has 0 fully saturated rings. The van der Waals surface area contributed by atoms with Gasteiger partial charge >= 0.3 is 0 Å². The lowest BCUT2D eigenvalue weighted by atomic mass is 10.1. The largest absolute Gasteiger partial charge is 0.354 e. The highest BCUT2D eigenvalue weighted by Crippen LogP contribution is 2.24. The molecule has 2 amide bonds. The van der Waals surface area contributed by atoms with E-state index in [4.69, 9.17) is 23.2 Å². The van der Waals surface area contributed by atoms with E-state index < -0.39 is 6.04 Å². The summed E-state index contributed by atoms with van der Waals surface area (Å²) in [4.78, 5) is 27.3. The number of benzene rings is 2. The molecular weight excluding hydrogens is 407 g/mol. The van der Waals surface area contributed by atoms with Crippen LogP contribution in [-0.2, 0) is 22.6 Å². The third kappa shape index (κ3) is 7.06. The number of nitrogens with zero attached hydrogens (tertiary/aromatic N) is 1. The van der Waals surface area contributed by atoms with Gasteiger partial charge in [0.05, 0.1) is 16.5 Å². The summed E-state index contributed by atoms with van der Waals surface area (Å²) in [6.07, 6.45) is 2.13. The summed E-state index contributed by atoms with van der Waals surface area (Å²) in [5, 5.41) is 3.80. The summed E-state index contributed by atoms with van der Waals surface area (Å²) < 4.78 is 0. The van der Waals surface area contributed by atoms with Crippen LogP contribution in [0.15, 0.2) is 42.5 Å². The minimum Gasteiger partial charge on any atom is -0.354 e. The summed E-state index contributed by atoms with van der Waals surface area (Å²) in [6.45, 7) is 6.71. The van der Waals surface area contributed by atoms with Crippen molar-refractivity contribution in [3.05, 3.63) is 69.2 Å². The summed E-state index contributed by atoms with van der Waals surface area (Å²) in [6, 6.07) is 12.5. The van der Waals surface area contributed by atoms with Gasteiger partial charge in [0.2, 0.25) is 11.8 Å². The van der Waals surface area contributed by atoms with Gasteiger partial charge in [0.25, 0.3) is 0 Å². The molecule has 0 bridgehead atoms. The molecule has 0 spiro atoms. The molecule has 0 aliphatic heterocycles. The normalized spacial score (nSPS) is 11.8. The number of nitrogens with one attached hydrogen (secondary N) is 1. The van der Waals surface area contributed by atoms with Crippen molar-refractivity contribution in [2.45, 2.75) is 52.6 Å². The minimum atomic E-state index is -0.598. The van der Waals surface area contributed by atoms with Crippen LogP contribution in [-0.4, -0.2) is 29.3 Å². The zero-order valence-electron chi connectivity index (χ0n) is 17.2. The first-order valence-corrected chi connectivity index (χ1v) is 10.6. The highest BCUT2D eigenvalue weighted by Gasteiger charge is 2.26. The number of hydrogen-bond donors (Lipinski definition) is 1. The predicted molar refractivity (Wildman–Crippen MR) is 119 cm³/mol. The molecule has 4 nitrogen and oxygen atoms in total. The Kier molecular flexibility index (Phi) is 8.99. The maximum atomic E-state index is 13.1. The van der Waals surface area contributed by atoms with E-state index in [2.05, 4.69) is 12.2 Å². The first-order chi connectivity index (χ1) is 13.8. The van der Waals surface area contributed by atoms with E-state index in [9.17, 15) is 9.59 Å². The van der Waals surface area contributed by atoms with Crippen molar-refractivity contribution in [3.63, 3.8) is 0 Å². The number of unbranched alkanes of at least 4 members (excludes halogenated alkanes) is 1. The van der Waals surface area contributed by atoms with Gasteiger partial charge in [0, 0.05) is 13.1 Å². The summed E-state index contributed by atoms with van der Waals surface area (Å²) in [5.74, 6) is -0.270. The van der Waals surface area contributed by atoms with Crippen LogP contribution >= 0.6 is 23.2 Å². The molecule has 6 heteroatoms. The molecule has 0 aliphatic rings. The van der Waals surface area contributed by atoms with Crippen molar-refractivity contribution in [3.8, 4) is 0 Å². The fourth-order valence-corrected chi connectivity index (χ4v) is 3.26. The molecule has 0 saturated carbocycles. The molecule has 29 heavy (non-hydrogen) atoms. The lowest BCUT2D eigenvalue weighted by Gasteiger charge is -2.29. The predicted octanol–water partition coefficient (Wildman–Crippen LogP) is 5.18. The fourth-order valence-electron chi connectivity index (χ4n) is 2.94. The molecular formula is C23H28Cl2N2O2. The molecule has 1 unspecified atom stereocenters. The Morgan fingerprint density at radius 1 is 1.03 bits per heavy atom. The smallest absolute Gasteiger partial charge is 0.242 e. The van der Waals surface area contributed by atoms with Gasteiger partial charge in [-0.3, -0.25) is 9.59 Å². The van der Waals surface area contributed by atoms with Crippen molar-refractivity contribution in [2.24, 2.45) is 0 Å². The molecule has 0 aromatic heterocycles. The van der Waals surface area contributed by atoms with Gasteiger partial charge in [-0.15, -0.1) is 0 Å². The van der Waals surface area contributed by atoms with Gasteiger partial charge < -0.3 is 10.2 Å². The van der Waals surface area contributed by atoms with E-state index in [1.54, 1.807) is 24.0 Å². The Morgan fingerprint density at radius 3 is 2.31 bits per heavy atom. The molecule has 1 N–H and O–H groups in total. The summed E-state index contributed by atoms with van der Waals surface area (Å²) in [7, 11) is 0. The van der Waals surface area contributed by atoms with Crippen LogP contribution in [0.2, 0.25) is 10.0 Å². The molecule has 0 radical (unpaired) electrons. The van der Waals surface area contributed by atoms with Crippen molar-refractivity contribution < 1.29 is 9.59 Å². The Balaban J connectivity index is 2.20. The second-order valence-corrected chi connectivity index (χ2v) is 8.07. The van der Waals surface area contributed by atoms with Crippen molar-refractivity contribution in [2.75, 3.05) is 6.54 Å². The van der Waals surface area contributed by atoms with E-state index in [0.29, 0.717) is 16.6 Å². The number of aryl methyl sites for hydroxylation is 1. The molecule has 0 aliphatic carbocycles. The monoisotopic (exact) mass is 434 g/mol. The van der Waals surface area contributed by atoms with Crippen molar-refractivity contribution in [1.82, 2.24) is 10.2 Å². The van der Waals surface area contributed by atoms with Crippen LogP contribution in [0.3, 0.4) is 0 Å². The number of halogens is 2. The summed E-state index contributed by atoms with van der Waals surface area (Å²) >= 11 is 12.1. The number of amides is 2. The first kappa shape index (κ1) is 23.2. The van der Waals surface area contributed by atoms with Crippen molar-refractivity contribution >= 4 is 35.0 Å². The van der Waals surface area contributed by atoms with Gasteiger partial charge in [0.15, 0.2) is 0 Å². The molecule has 2 aromatic carbocycles. The third-order valence-electron chi connectivity index (χ3n) is 4.81. The lowest BCUT2D eigenvalue weighted by Crippen LogP contribution is -2.48. The second kappa shape index (κ2) is 11.2. The van der Waals surface area contributed by atoms with Gasteiger partial charge in [-0.05, 0) is 43.5 Å². The Morgan fingerprint density at radius 2 is 1.69 bits per heavy atom. The first-order valence-electron chi connectivity index (χ1n) is 9.88. The highest BCUT2D eigenvalue weighted by molar-refractivity contribution is 6.42. The van der Waals surface area contributed by atoms with Crippen LogP contribution < -0.4 is 5.32 Å².